The van der Waals surface area contributed by atoms with Crippen molar-refractivity contribution in [1.82, 2.24) is 0 Å². The Hall–Kier alpha value is -3.57. The quantitative estimate of drug-likeness (QED) is 0.319. The lowest BCUT2D eigenvalue weighted by molar-refractivity contribution is 0.149. The molecule has 0 saturated carbocycles. The van der Waals surface area contributed by atoms with Crippen molar-refractivity contribution in [2.24, 2.45) is 0 Å². The number of fused-ring (bicyclic) bond motifs is 3. The van der Waals surface area contributed by atoms with Gasteiger partial charge in [-0.05, 0) is 46.0 Å². The summed E-state index contributed by atoms with van der Waals surface area (Å²) in [6.07, 6.45) is 1.17. The molecule has 0 unspecified atom stereocenters. The molecule has 0 bridgehead atoms. The first-order valence-corrected chi connectivity index (χ1v) is 9.86. The summed E-state index contributed by atoms with van der Waals surface area (Å²) in [7, 11) is 0. The van der Waals surface area contributed by atoms with Crippen LogP contribution in [0.15, 0.2) is 79.4 Å². The molecule has 1 aliphatic carbocycles. The van der Waals surface area contributed by atoms with Gasteiger partial charge in [0.25, 0.3) is 0 Å². The van der Waals surface area contributed by atoms with Crippen LogP contribution in [0, 0.1) is 0 Å². The molecule has 3 aromatic rings. The lowest BCUT2D eigenvalue weighted by atomic mass is 9.98. The van der Waals surface area contributed by atoms with Gasteiger partial charge in [-0.3, -0.25) is 5.32 Å². The minimum atomic E-state index is -0.513. The van der Waals surface area contributed by atoms with Gasteiger partial charge in [-0.2, -0.15) is 0 Å². The zero-order valence-electron chi connectivity index (χ0n) is 16.6. The van der Waals surface area contributed by atoms with E-state index in [0.29, 0.717) is 24.6 Å². The largest absolute Gasteiger partial charge is 0.448 e. The molecule has 0 atom stereocenters. The van der Waals surface area contributed by atoms with E-state index in [1.54, 1.807) is 12.1 Å². The molecule has 0 fully saturated rings. The predicted octanol–water partition coefficient (Wildman–Crippen LogP) is 5.33. The number of benzene rings is 3. The van der Waals surface area contributed by atoms with E-state index in [4.69, 9.17) is 15.2 Å². The molecule has 0 spiro atoms. The summed E-state index contributed by atoms with van der Waals surface area (Å²) in [5.74, 6) is 0.0202. The molecule has 152 valence electrons. The molecule has 0 heterocycles. The van der Waals surface area contributed by atoms with Gasteiger partial charge < -0.3 is 15.2 Å². The first-order valence-electron chi connectivity index (χ1n) is 9.86. The van der Waals surface area contributed by atoms with E-state index in [-0.39, 0.29) is 12.5 Å². The van der Waals surface area contributed by atoms with Gasteiger partial charge in [-0.15, -0.1) is 6.58 Å². The summed E-state index contributed by atoms with van der Waals surface area (Å²) in [6, 6.07) is 21.8. The number of nitrogens with two attached hydrogens (primary N) is 1. The highest BCUT2D eigenvalue weighted by Crippen LogP contribution is 2.44. The van der Waals surface area contributed by atoms with Crippen molar-refractivity contribution in [3.8, 4) is 11.1 Å². The van der Waals surface area contributed by atoms with Crippen LogP contribution in [0.25, 0.3) is 11.1 Å². The van der Waals surface area contributed by atoms with E-state index in [9.17, 15) is 4.79 Å². The topological polar surface area (TPSA) is 73.6 Å². The lowest BCUT2D eigenvalue weighted by Gasteiger charge is -2.15. The molecule has 0 saturated heterocycles. The molecule has 0 aromatic heterocycles. The molecule has 3 N–H and O–H groups in total. The van der Waals surface area contributed by atoms with Gasteiger partial charge in [0.05, 0.1) is 13.2 Å². The van der Waals surface area contributed by atoms with Crippen LogP contribution in [0.4, 0.5) is 16.2 Å². The Labute approximate surface area is 176 Å². The van der Waals surface area contributed by atoms with Crippen molar-refractivity contribution in [3.05, 3.63) is 96.1 Å². The highest BCUT2D eigenvalue weighted by atomic mass is 16.5. The number of nitrogens with one attached hydrogen (secondary N) is 1. The molecule has 0 aliphatic heterocycles. The van der Waals surface area contributed by atoms with E-state index in [1.165, 1.54) is 22.3 Å². The van der Waals surface area contributed by atoms with Crippen molar-refractivity contribution in [1.29, 1.82) is 0 Å². The molecule has 0 radical (unpaired) electrons. The van der Waals surface area contributed by atoms with Crippen LogP contribution in [-0.2, 0) is 16.1 Å². The molecule has 5 heteroatoms. The summed E-state index contributed by atoms with van der Waals surface area (Å²) >= 11 is 0. The van der Waals surface area contributed by atoms with E-state index < -0.39 is 6.09 Å². The van der Waals surface area contributed by atoms with Crippen LogP contribution in [-0.4, -0.2) is 19.3 Å². The maximum absolute atomic E-state index is 12.5. The molecule has 1 aliphatic rings. The van der Waals surface area contributed by atoms with Crippen LogP contribution in [0.1, 0.15) is 22.6 Å². The van der Waals surface area contributed by atoms with Gasteiger partial charge in [-0.1, -0.05) is 54.6 Å². The van der Waals surface area contributed by atoms with Crippen LogP contribution < -0.4 is 11.1 Å². The third-order valence-electron chi connectivity index (χ3n) is 5.11. The Morgan fingerprint density at radius 1 is 1.03 bits per heavy atom. The maximum atomic E-state index is 12.5. The van der Waals surface area contributed by atoms with E-state index in [0.717, 1.165) is 5.56 Å². The number of rotatable bonds is 7. The first-order chi connectivity index (χ1) is 14.7. The fourth-order valence-corrected chi connectivity index (χ4v) is 3.89. The zero-order valence-corrected chi connectivity index (χ0v) is 16.6. The van der Waals surface area contributed by atoms with Gasteiger partial charge in [0.2, 0.25) is 0 Å². The van der Waals surface area contributed by atoms with Gasteiger partial charge >= 0.3 is 6.09 Å². The second kappa shape index (κ2) is 8.84. The monoisotopic (exact) mass is 400 g/mol. The summed E-state index contributed by atoms with van der Waals surface area (Å²) < 4.78 is 11.0. The zero-order chi connectivity index (χ0) is 20.9. The second-order valence-corrected chi connectivity index (χ2v) is 7.22. The minimum Gasteiger partial charge on any atom is -0.448 e. The number of anilines is 2. The van der Waals surface area contributed by atoms with Gasteiger partial charge in [0, 0.05) is 17.3 Å². The molecular formula is C25H24N2O3. The van der Waals surface area contributed by atoms with Crippen molar-refractivity contribution < 1.29 is 14.3 Å². The fraction of sp³-hybridized carbons (Fsp3) is 0.160. The van der Waals surface area contributed by atoms with Gasteiger partial charge in [0.1, 0.15) is 6.61 Å². The third-order valence-corrected chi connectivity index (χ3v) is 5.11. The lowest BCUT2D eigenvalue weighted by Crippen LogP contribution is -2.18. The predicted molar refractivity (Wildman–Crippen MR) is 119 cm³/mol. The smallest absolute Gasteiger partial charge is 0.411 e. The number of nitrogen functional groups attached to an aromatic ring is 1. The standard InChI is InChI=1S/C25H24N2O3/c1-2-11-29-15-17-12-18(26)14-19(13-17)27-25(28)30-16-24-22-9-5-3-7-20(22)21-8-4-6-10-23(21)24/h2-10,12-14,24H,1,11,15-16,26H2,(H,27,28). The Kier molecular flexibility index (Phi) is 5.82. The third kappa shape index (κ3) is 4.21. The number of carbonyl (C=O) groups is 1. The Balaban J connectivity index is 1.43. The molecule has 30 heavy (non-hydrogen) atoms. The van der Waals surface area contributed by atoms with Crippen molar-refractivity contribution >= 4 is 17.5 Å². The number of amides is 1. The van der Waals surface area contributed by atoms with Gasteiger partial charge in [0.15, 0.2) is 0 Å². The molecule has 4 rings (SSSR count). The van der Waals surface area contributed by atoms with E-state index in [2.05, 4.69) is 36.2 Å². The van der Waals surface area contributed by atoms with E-state index in [1.807, 2.05) is 36.4 Å². The SMILES string of the molecule is C=CCOCc1cc(N)cc(NC(=O)OCC2c3ccccc3-c3ccccc32)c1. The highest BCUT2D eigenvalue weighted by molar-refractivity contribution is 5.86. The van der Waals surface area contributed by atoms with Crippen LogP contribution >= 0.6 is 0 Å². The number of ether oxygens (including phenoxy) is 2. The second-order valence-electron chi connectivity index (χ2n) is 7.22. The Morgan fingerprint density at radius 3 is 2.37 bits per heavy atom. The van der Waals surface area contributed by atoms with Crippen LogP contribution in [0.3, 0.4) is 0 Å². The average Bonchev–Trinajstić information content (AvgIpc) is 3.06. The maximum Gasteiger partial charge on any atom is 0.411 e. The summed E-state index contributed by atoms with van der Waals surface area (Å²) in [4.78, 5) is 12.5. The van der Waals surface area contributed by atoms with Crippen molar-refractivity contribution in [2.45, 2.75) is 12.5 Å². The molecule has 3 aromatic carbocycles. The number of carbonyl (C=O) groups excluding carboxylic acids is 1. The van der Waals surface area contributed by atoms with Crippen LogP contribution in [0.2, 0.25) is 0 Å². The Bertz CT molecular complexity index is 1030. The molecule has 1 amide bonds. The van der Waals surface area contributed by atoms with E-state index >= 15 is 0 Å². The summed E-state index contributed by atoms with van der Waals surface area (Å²) in [6.45, 7) is 4.72. The van der Waals surface area contributed by atoms with Gasteiger partial charge in [-0.25, -0.2) is 4.79 Å². The normalized spacial score (nSPS) is 12.1. The van der Waals surface area contributed by atoms with Crippen LogP contribution in [0.5, 0.6) is 0 Å². The Morgan fingerprint density at radius 2 is 1.70 bits per heavy atom. The number of hydrogen-bond acceptors (Lipinski definition) is 4. The minimum absolute atomic E-state index is 0.0202. The summed E-state index contributed by atoms with van der Waals surface area (Å²) in [5.41, 5.74) is 12.7. The summed E-state index contributed by atoms with van der Waals surface area (Å²) in [5, 5.41) is 2.77. The first kappa shape index (κ1) is 19.7. The molecule has 5 nitrogen and oxygen atoms in total. The van der Waals surface area contributed by atoms with Crippen molar-refractivity contribution in [3.63, 3.8) is 0 Å². The molecular weight excluding hydrogens is 376 g/mol. The average molecular weight is 400 g/mol. The van der Waals surface area contributed by atoms with Crippen molar-refractivity contribution in [2.75, 3.05) is 24.3 Å². The highest BCUT2D eigenvalue weighted by Gasteiger charge is 2.29. The fourth-order valence-electron chi connectivity index (χ4n) is 3.89. The number of hydrogen-bond donors (Lipinski definition) is 2.